The molecule has 0 bridgehead atoms. The molecule has 0 aromatic heterocycles. The van der Waals surface area contributed by atoms with Gasteiger partial charge in [-0.15, -0.1) is 12.4 Å². The summed E-state index contributed by atoms with van der Waals surface area (Å²) in [6, 6.07) is 20.2. The first kappa shape index (κ1) is 39.6. The fourth-order valence-corrected chi connectivity index (χ4v) is 6.76. The van der Waals surface area contributed by atoms with Crippen LogP contribution in [-0.4, -0.2) is 86.3 Å². The van der Waals surface area contributed by atoms with Crippen LogP contribution >= 0.6 is 35.6 Å². The summed E-state index contributed by atoms with van der Waals surface area (Å²) in [6.45, 7) is 11.4. The third kappa shape index (κ3) is 9.24. The number of amidine groups is 1. The average molecular weight is 738 g/mol. The number of ether oxygens (including phenoxy) is 1. The number of carbonyl (C=O) groups excluding carboxylic acids is 1. The Hall–Kier alpha value is -2.82. The molecule has 1 fully saturated rings. The lowest BCUT2D eigenvalue weighted by Crippen LogP contribution is -2.54. The molecule has 12 heteroatoms. The Labute approximate surface area is 302 Å². The first-order chi connectivity index (χ1) is 21.7. The number of amides is 2. The summed E-state index contributed by atoms with van der Waals surface area (Å²) in [7, 11) is -3.08. The quantitative estimate of drug-likeness (QED) is 0.234. The van der Waals surface area contributed by atoms with Crippen molar-refractivity contribution >= 4 is 57.3 Å². The smallest absolute Gasteiger partial charge is 0.326 e. The van der Waals surface area contributed by atoms with Crippen LogP contribution in [0.1, 0.15) is 69.5 Å². The summed E-state index contributed by atoms with van der Waals surface area (Å²) in [5, 5.41) is 1.22. The van der Waals surface area contributed by atoms with Crippen LogP contribution in [0.4, 0.5) is 4.79 Å². The molecule has 2 amide bonds. The van der Waals surface area contributed by atoms with E-state index < -0.39 is 21.9 Å². The van der Waals surface area contributed by atoms with Crippen molar-refractivity contribution in [2.24, 2.45) is 4.99 Å². The van der Waals surface area contributed by atoms with Crippen molar-refractivity contribution < 1.29 is 17.9 Å². The summed E-state index contributed by atoms with van der Waals surface area (Å²) in [6.07, 6.45) is 1.25. The van der Waals surface area contributed by atoms with Crippen LogP contribution in [0.5, 0.6) is 5.75 Å². The molecule has 0 unspecified atom stereocenters. The number of carbonyl (C=O) groups is 1. The summed E-state index contributed by atoms with van der Waals surface area (Å²) in [4.78, 5) is 25.9. The Kier molecular flexibility index (Phi) is 13.4. The molecule has 3 aromatic carbocycles. The normalized spacial score (nSPS) is 18.5. The Morgan fingerprint density at radius 1 is 0.917 bits per heavy atom. The number of rotatable bonds is 8. The number of nitrogens with zero attached hydrogens (tertiary/aromatic N) is 4. The van der Waals surface area contributed by atoms with Gasteiger partial charge in [0, 0.05) is 49.0 Å². The predicted molar refractivity (Wildman–Crippen MR) is 200 cm³/mol. The van der Waals surface area contributed by atoms with E-state index >= 15 is 0 Å². The first-order valence-corrected chi connectivity index (χ1v) is 18.4. The minimum Gasteiger partial charge on any atom is -0.493 e. The van der Waals surface area contributed by atoms with E-state index in [2.05, 4.69) is 37.8 Å². The fourth-order valence-electron chi connectivity index (χ4n) is 5.92. The van der Waals surface area contributed by atoms with Gasteiger partial charge in [-0.05, 0) is 65.4 Å². The molecule has 1 saturated heterocycles. The zero-order valence-electron chi connectivity index (χ0n) is 27.4. The molecule has 8 nitrogen and oxygen atoms in total. The second-order valence-electron chi connectivity index (χ2n) is 13.0. The second-order valence-corrected chi connectivity index (χ2v) is 16.1. The molecule has 0 aliphatic carbocycles. The largest absolute Gasteiger partial charge is 0.493 e. The predicted octanol–water partition coefficient (Wildman–Crippen LogP) is 8.07. The number of sulfone groups is 1. The van der Waals surface area contributed by atoms with E-state index in [-0.39, 0.29) is 37.0 Å². The van der Waals surface area contributed by atoms with E-state index in [0.29, 0.717) is 61.0 Å². The van der Waals surface area contributed by atoms with E-state index in [1.165, 1.54) is 6.26 Å². The third-order valence-electron chi connectivity index (χ3n) is 8.50. The maximum absolute atomic E-state index is 14.8. The van der Waals surface area contributed by atoms with Gasteiger partial charge in [-0.2, -0.15) is 0 Å². The van der Waals surface area contributed by atoms with Crippen LogP contribution in [0.25, 0.3) is 0 Å². The molecule has 0 spiro atoms. The average Bonchev–Trinajstić information content (AvgIpc) is 3.40. The van der Waals surface area contributed by atoms with E-state index in [4.69, 9.17) is 32.9 Å². The Balaban J connectivity index is 0.00000312. The van der Waals surface area contributed by atoms with Crippen LogP contribution in [0.2, 0.25) is 10.0 Å². The highest BCUT2D eigenvalue weighted by molar-refractivity contribution is 7.90. The van der Waals surface area contributed by atoms with Gasteiger partial charge >= 0.3 is 6.03 Å². The van der Waals surface area contributed by atoms with Crippen molar-refractivity contribution in [3.05, 3.63) is 99.0 Å². The molecule has 0 saturated carbocycles. The van der Waals surface area contributed by atoms with Gasteiger partial charge < -0.3 is 9.64 Å². The van der Waals surface area contributed by atoms with Gasteiger partial charge in [0.2, 0.25) is 0 Å². The number of halogens is 3. The van der Waals surface area contributed by atoms with Crippen molar-refractivity contribution in [1.29, 1.82) is 0 Å². The van der Waals surface area contributed by atoms with Crippen molar-refractivity contribution in [2.75, 3.05) is 51.3 Å². The molecule has 2 heterocycles. The summed E-state index contributed by atoms with van der Waals surface area (Å²) >= 11 is 12.6. The molecule has 48 heavy (non-hydrogen) atoms. The zero-order chi connectivity index (χ0) is 33.2. The molecule has 3 aromatic rings. The number of urea groups is 1. The molecular weight excluding hydrogens is 691 g/mol. The van der Waals surface area contributed by atoms with Crippen LogP contribution in [0, 0.1) is 0 Å². The van der Waals surface area contributed by atoms with E-state index in [1.807, 2.05) is 71.3 Å². The van der Waals surface area contributed by atoms with Crippen molar-refractivity contribution in [1.82, 2.24) is 14.7 Å². The number of hydrogen-bond donors (Lipinski definition) is 0. The van der Waals surface area contributed by atoms with Gasteiger partial charge in [-0.1, -0.05) is 81.7 Å². The number of hydrogen-bond acceptors (Lipinski definition) is 6. The lowest BCUT2D eigenvalue weighted by Gasteiger charge is -2.39. The van der Waals surface area contributed by atoms with Crippen molar-refractivity contribution in [3.8, 4) is 5.75 Å². The van der Waals surface area contributed by atoms with E-state index in [1.54, 1.807) is 0 Å². The highest BCUT2D eigenvalue weighted by Gasteiger charge is 2.45. The minimum atomic E-state index is -3.08. The number of benzene rings is 3. The molecule has 5 rings (SSSR count). The molecule has 0 N–H and O–H groups in total. The van der Waals surface area contributed by atoms with Gasteiger partial charge in [-0.25, -0.2) is 13.2 Å². The van der Waals surface area contributed by atoms with Gasteiger partial charge in [0.15, 0.2) is 0 Å². The van der Waals surface area contributed by atoms with Crippen LogP contribution in [-0.2, 0) is 15.3 Å². The van der Waals surface area contributed by atoms with Crippen LogP contribution in [0.15, 0.2) is 71.7 Å². The molecule has 0 radical (unpaired) electrons. The number of piperazine rings is 1. The van der Waals surface area contributed by atoms with Gasteiger partial charge in [0.05, 0.1) is 24.0 Å². The maximum Gasteiger partial charge on any atom is 0.326 e. The molecular formula is C36H47Cl3N4O4S. The van der Waals surface area contributed by atoms with Gasteiger partial charge in [0.1, 0.15) is 27.5 Å². The standard InChI is InChI=1S/C35H42Cl2N4O4S.CH4.ClH/c1-6-45-30-16-11-26(35(2,3)4)23-29(30)33-38-31(24-7-12-27(36)13-8-24)32(25-9-14-28(37)15-10-25)41(33)34(42)40-19-17-39(18-20-40)21-22-46(5,43)44;;/h7-16,23,31-32H,6,17-22H2,1-5H3;1H4;1H/t31-,32+;;/m0../s1. The highest BCUT2D eigenvalue weighted by atomic mass is 35.5. The van der Waals surface area contributed by atoms with Crippen molar-refractivity contribution in [3.63, 3.8) is 0 Å². The topological polar surface area (TPSA) is 82.5 Å². The lowest BCUT2D eigenvalue weighted by molar-refractivity contribution is 0.122. The summed E-state index contributed by atoms with van der Waals surface area (Å²) in [5.74, 6) is 1.29. The molecule has 2 aliphatic rings. The second kappa shape index (κ2) is 16.3. The van der Waals surface area contributed by atoms with Gasteiger partial charge in [0.25, 0.3) is 0 Å². The summed E-state index contributed by atoms with van der Waals surface area (Å²) < 4.78 is 29.7. The molecule has 2 aliphatic heterocycles. The fraction of sp³-hybridized carbons (Fsp3) is 0.444. The zero-order valence-corrected chi connectivity index (χ0v) is 30.6. The first-order valence-electron chi connectivity index (χ1n) is 15.6. The van der Waals surface area contributed by atoms with Crippen molar-refractivity contribution in [2.45, 2.75) is 52.6 Å². The Morgan fingerprint density at radius 3 is 2.00 bits per heavy atom. The molecule has 262 valence electrons. The number of aliphatic imine (C=N–C) groups is 1. The summed E-state index contributed by atoms with van der Waals surface area (Å²) in [5.41, 5.74) is 3.52. The minimum absolute atomic E-state index is 0. The molecule has 2 atom stereocenters. The van der Waals surface area contributed by atoms with E-state index in [9.17, 15) is 13.2 Å². The SMILES string of the molecule is C.CCOc1ccc(C(C)(C)C)cc1C1=N[C@@H](c2ccc(Cl)cc2)[C@@H](c2ccc(Cl)cc2)N1C(=O)N1CCN(CCS(C)(=O)=O)CC1.Cl. The lowest BCUT2D eigenvalue weighted by atomic mass is 9.86. The van der Waals surface area contributed by atoms with Gasteiger partial charge in [-0.3, -0.25) is 14.8 Å². The van der Waals surface area contributed by atoms with Crippen LogP contribution < -0.4 is 4.74 Å². The van der Waals surface area contributed by atoms with Crippen LogP contribution in [0.3, 0.4) is 0 Å². The monoisotopic (exact) mass is 736 g/mol. The Bertz CT molecular complexity index is 1690. The van der Waals surface area contributed by atoms with E-state index in [0.717, 1.165) is 22.3 Å². The highest BCUT2D eigenvalue weighted by Crippen LogP contribution is 2.46. The third-order valence-corrected chi connectivity index (χ3v) is 9.93. The Morgan fingerprint density at radius 2 is 1.48 bits per heavy atom. The maximum atomic E-state index is 14.8.